The molecular weight excluding hydrogens is 222 g/mol. The number of pyridine rings is 1. The zero-order chi connectivity index (χ0) is 12.6. The van der Waals surface area contributed by atoms with Gasteiger partial charge in [0.2, 0.25) is 5.43 Å². The molecular formula is C12H11NO4. The van der Waals surface area contributed by atoms with Gasteiger partial charge in [0.15, 0.2) is 5.75 Å². The van der Waals surface area contributed by atoms with Crippen molar-refractivity contribution in [3.8, 4) is 5.75 Å². The van der Waals surface area contributed by atoms with Crippen molar-refractivity contribution in [2.24, 2.45) is 0 Å². The van der Waals surface area contributed by atoms with E-state index in [1.165, 1.54) is 6.20 Å². The standard InChI is InChI=1S/C12H11NO4/c1-6-3-4-8-10(7(6)2)13-5-9(11(8)14)17-12(15)16/h3-5H,1-2H3,(H,13,14)(H,15,16). The molecule has 0 fully saturated rings. The van der Waals surface area contributed by atoms with Crippen LogP contribution in [-0.2, 0) is 0 Å². The number of ether oxygens (including phenoxy) is 1. The van der Waals surface area contributed by atoms with E-state index in [0.717, 1.165) is 11.1 Å². The van der Waals surface area contributed by atoms with Crippen LogP contribution in [0.15, 0.2) is 23.1 Å². The van der Waals surface area contributed by atoms with E-state index in [4.69, 9.17) is 5.11 Å². The highest BCUT2D eigenvalue weighted by Gasteiger charge is 2.11. The first kappa shape index (κ1) is 11.2. The summed E-state index contributed by atoms with van der Waals surface area (Å²) in [6.07, 6.45) is -0.232. The smallest absolute Gasteiger partial charge is 0.449 e. The Hall–Kier alpha value is -2.30. The summed E-state index contributed by atoms with van der Waals surface area (Å²) in [6, 6.07) is 3.47. The zero-order valence-corrected chi connectivity index (χ0v) is 9.40. The molecule has 2 aromatic rings. The number of benzene rings is 1. The van der Waals surface area contributed by atoms with Crippen molar-refractivity contribution in [1.29, 1.82) is 0 Å². The number of aromatic nitrogens is 1. The van der Waals surface area contributed by atoms with E-state index >= 15 is 0 Å². The van der Waals surface area contributed by atoms with Crippen molar-refractivity contribution in [3.63, 3.8) is 0 Å². The second-order valence-corrected chi connectivity index (χ2v) is 3.78. The molecule has 88 valence electrons. The van der Waals surface area contributed by atoms with Gasteiger partial charge in [-0.3, -0.25) is 4.79 Å². The summed E-state index contributed by atoms with van der Waals surface area (Å²) in [6.45, 7) is 3.83. The number of aryl methyl sites for hydroxylation is 2. The Morgan fingerprint density at radius 1 is 1.35 bits per heavy atom. The largest absolute Gasteiger partial charge is 0.511 e. The highest BCUT2D eigenvalue weighted by molar-refractivity contribution is 5.84. The molecule has 5 heteroatoms. The Labute approximate surface area is 96.7 Å². The van der Waals surface area contributed by atoms with Gasteiger partial charge in [-0.15, -0.1) is 0 Å². The summed E-state index contributed by atoms with van der Waals surface area (Å²) in [7, 11) is 0. The first-order valence-corrected chi connectivity index (χ1v) is 5.03. The molecule has 1 heterocycles. The van der Waals surface area contributed by atoms with Gasteiger partial charge in [0.05, 0.1) is 5.52 Å². The second kappa shape index (κ2) is 3.93. The highest BCUT2D eigenvalue weighted by Crippen LogP contribution is 2.18. The summed E-state index contributed by atoms with van der Waals surface area (Å²) in [5, 5.41) is 8.91. The zero-order valence-electron chi connectivity index (χ0n) is 9.40. The maximum atomic E-state index is 11.9. The lowest BCUT2D eigenvalue weighted by Crippen LogP contribution is -2.13. The number of carbonyl (C=O) groups is 1. The Bertz CT molecular complexity index is 657. The molecule has 0 spiro atoms. The van der Waals surface area contributed by atoms with Gasteiger partial charge in [-0.2, -0.15) is 0 Å². The van der Waals surface area contributed by atoms with Gasteiger partial charge in [0, 0.05) is 11.6 Å². The van der Waals surface area contributed by atoms with Crippen LogP contribution in [0.4, 0.5) is 4.79 Å². The lowest BCUT2D eigenvalue weighted by Gasteiger charge is -2.06. The van der Waals surface area contributed by atoms with E-state index in [-0.39, 0.29) is 5.75 Å². The minimum absolute atomic E-state index is 0.215. The molecule has 2 N–H and O–H groups in total. The molecule has 0 saturated heterocycles. The quantitative estimate of drug-likeness (QED) is 0.740. The summed E-state index contributed by atoms with van der Waals surface area (Å²) in [4.78, 5) is 25.2. The van der Waals surface area contributed by atoms with Crippen LogP contribution >= 0.6 is 0 Å². The topological polar surface area (TPSA) is 79.4 Å². The fourth-order valence-corrected chi connectivity index (χ4v) is 1.70. The average molecular weight is 233 g/mol. The molecule has 0 unspecified atom stereocenters. The van der Waals surface area contributed by atoms with Crippen LogP contribution in [0.2, 0.25) is 0 Å². The third-order valence-corrected chi connectivity index (χ3v) is 2.75. The Kier molecular flexibility index (Phi) is 2.59. The molecule has 1 aromatic carbocycles. The molecule has 0 aliphatic carbocycles. The predicted molar refractivity (Wildman–Crippen MR) is 62.7 cm³/mol. The molecule has 5 nitrogen and oxygen atoms in total. The van der Waals surface area contributed by atoms with Crippen molar-refractivity contribution in [2.75, 3.05) is 0 Å². The van der Waals surface area contributed by atoms with Gasteiger partial charge in [0.1, 0.15) is 0 Å². The Morgan fingerprint density at radius 3 is 2.71 bits per heavy atom. The van der Waals surface area contributed by atoms with E-state index < -0.39 is 11.6 Å². The van der Waals surface area contributed by atoms with Gasteiger partial charge in [-0.25, -0.2) is 4.79 Å². The number of aromatic amines is 1. The fraction of sp³-hybridized carbons (Fsp3) is 0.167. The monoisotopic (exact) mass is 233 g/mol. The van der Waals surface area contributed by atoms with Crippen LogP contribution in [0.3, 0.4) is 0 Å². The second-order valence-electron chi connectivity index (χ2n) is 3.78. The number of fused-ring (bicyclic) bond motifs is 1. The van der Waals surface area contributed by atoms with Crippen molar-refractivity contribution in [2.45, 2.75) is 13.8 Å². The third kappa shape index (κ3) is 1.87. The summed E-state index contributed by atoms with van der Waals surface area (Å²) in [5.74, 6) is -0.215. The molecule has 0 amide bonds. The highest BCUT2D eigenvalue weighted by atomic mass is 16.7. The summed E-state index contributed by atoms with van der Waals surface area (Å²) < 4.78 is 4.40. The van der Waals surface area contributed by atoms with Gasteiger partial charge in [-0.05, 0) is 31.0 Å². The predicted octanol–water partition coefficient (Wildman–Crippen LogP) is 2.20. The van der Waals surface area contributed by atoms with E-state index in [2.05, 4.69) is 9.72 Å². The molecule has 17 heavy (non-hydrogen) atoms. The number of nitrogens with one attached hydrogen (secondary N) is 1. The Morgan fingerprint density at radius 2 is 2.06 bits per heavy atom. The first-order chi connectivity index (χ1) is 8.00. The molecule has 0 aliphatic rings. The van der Waals surface area contributed by atoms with Crippen molar-refractivity contribution < 1.29 is 14.6 Å². The molecule has 2 rings (SSSR count). The fourth-order valence-electron chi connectivity index (χ4n) is 1.70. The molecule has 0 aliphatic heterocycles. The maximum absolute atomic E-state index is 11.9. The van der Waals surface area contributed by atoms with Crippen LogP contribution in [-0.4, -0.2) is 16.2 Å². The van der Waals surface area contributed by atoms with E-state index in [9.17, 15) is 9.59 Å². The minimum atomic E-state index is -1.50. The minimum Gasteiger partial charge on any atom is -0.449 e. The van der Waals surface area contributed by atoms with E-state index in [1.54, 1.807) is 6.07 Å². The Balaban J connectivity index is 2.73. The number of hydrogen-bond acceptors (Lipinski definition) is 3. The molecule has 1 aromatic heterocycles. The van der Waals surface area contributed by atoms with Crippen LogP contribution in [0.25, 0.3) is 10.9 Å². The normalized spacial score (nSPS) is 10.5. The van der Waals surface area contributed by atoms with Crippen LogP contribution in [0, 0.1) is 13.8 Å². The molecule has 0 radical (unpaired) electrons. The van der Waals surface area contributed by atoms with E-state index in [1.807, 2.05) is 19.9 Å². The third-order valence-electron chi connectivity index (χ3n) is 2.75. The number of rotatable bonds is 1. The van der Waals surface area contributed by atoms with Gasteiger partial charge < -0.3 is 14.8 Å². The SMILES string of the molecule is Cc1ccc2c(=O)c(OC(=O)O)c[nH]c2c1C. The van der Waals surface area contributed by atoms with Gasteiger partial charge in [0.25, 0.3) is 0 Å². The number of hydrogen-bond donors (Lipinski definition) is 2. The molecule has 0 saturated carbocycles. The van der Waals surface area contributed by atoms with E-state index in [0.29, 0.717) is 10.9 Å². The number of H-pyrrole nitrogens is 1. The number of carboxylic acid groups (broad SMARTS) is 1. The van der Waals surface area contributed by atoms with Crippen molar-refractivity contribution >= 4 is 17.1 Å². The van der Waals surface area contributed by atoms with Crippen molar-refractivity contribution in [1.82, 2.24) is 4.98 Å². The maximum Gasteiger partial charge on any atom is 0.511 e. The molecule has 0 atom stereocenters. The van der Waals surface area contributed by atoms with Crippen LogP contribution < -0.4 is 10.2 Å². The molecule has 0 bridgehead atoms. The van der Waals surface area contributed by atoms with Crippen LogP contribution in [0.1, 0.15) is 11.1 Å². The van der Waals surface area contributed by atoms with Gasteiger partial charge >= 0.3 is 6.16 Å². The van der Waals surface area contributed by atoms with Crippen LogP contribution in [0.5, 0.6) is 5.75 Å². The summed E-state index contributed by atoms with van der Waals surface area (Å²) >= 11 is 0. The van der Waals surface area contributed by atoms with Gasteiger partial charge in [-0.1, -0.05) is 6.07 Å². The first-order valence-electron chi connectivity index (χ1n) is 5.03. The lowest BCUT2D eigenvalue weighted by molar-refractivity contribution is 0.144. The summed E-state index contributed by atoms with van der Waals surface area (Å²) in [5.41, 5.74) is 2.29. The average Bonchev–Trinajstić information content (AvgIpc) is 2.27. The van der Waals surface area contributed by atoms with Crippen molar-refractivity contribution in [3.05, 3.63) is 39.7 Å². The lowest BCUT2D eigenvalue weighted by atomic mass is 10.1.